The van der Waals surface area contributed by atoms with Crippen molar-refractivity contribution in [2.75, 3.05) is 0 Å². The highest BCUT2D eigenvalue weighted by Gasteiger charge is 2.19. The number of rotatable bonds is 3. The predicted molar refractivity (Wildman–Crippen MR) is 207 cm³/mol. The standard InChI is InChI=1S/C43H32O4P2/c1-27-14-19-35-31(26-27)18-23-39-43(35)42-34-13-7-4-10-30(34)17-22-38(42)46-49(47-39)25-24-48-44-36-20-15-28-8-2-5-11-32(28)40(36)41-33-12-6-3-9-29(33)16-21-37(41)45-48/h2-23,27H,24-26H2,1H3. The van der Waals surface area contributed by atoms with Crippen LogP contribution in [0.3, 0.4) is 0 Å². The minimum Gasteiger partial charge on any atom is -0.419 e. The van der Waals surface area contributed by atoms with Crippen LogP contribution in [0.2, 0.25) is 0 Å². The third-order valence-corrected chi connectivity index (χ3v) is 13.0. The quantitative estimate of drug-likeness (QED) is 0.187. The molecule has 0 saturated carbocycles. The van der Waals surface area contributed by atoms with E-state index in [0.29, 0.717) is 18.2 Å². The van der Waals surface area contributed by atoms with Crippen LogP contribution >= 0.6 is 16.0 Å². The number of benzene rings is 7. The second-order valence-corrected chi connectivity index (χ2v) is 16.0. The molecule has 4 nitrogen and oxygen atoms in total. The summed E-state index contributed by atoms with van der Waals surface area (Å²) in [5, 5.41) is 11.5. The molecule has 1 aliphatic rings. The summed E-state index contributed by atoms with van der Waals surface area (Å²) in [6.45, 7) is 2.27. The van der Waals surface area contributed by atoms with Crippen molar-refractivity contribution in [3.8, 4) is 0 Å². The summed E-state index contributed by atoms with van der Waals surface area (Å²) in [5.74, 6) is 0.505. The van der Waals surface area contributed by atoms with Gasteiger partial charge in [-0.05, 0) is 80.0 Å². The second-order valence-electron chi connectivity index (χ2n) is 13.0. The lowest BCUT2D eigenvalue weighted by molar-refractivity contribution is 0.619. The highest BCUT2D eigenvalue weighted by Crippen LogP contribution is 2.46. The smallest absolute Gasteiger partial charge is 0.217 e. The number of fused-ring (bicyclic) bond motifs is 14. The Morgan fingerprint density at radius 3 is 1.39 bits per heavy atom. The minimum absolute atomic E-state index is 0.505. The van der Waals surface area contributed by atoms with E-state index in [9.17, 15) is 0 Å². The van der Waals surface area contributed by atoms with E-state index in [-0.39, 0.29) is 0 Å². The van der Waals surface area contributed by atoms with Gasteiger partial charge >= 0.3 is 0 Å². The number of hydrogen-bond donors (Lipinski definition) is 0. The summed E-state index contributed by atoms with van der Waals surface area (Å²) in [6.07, 6.45) is 6.92. The maximum absolute atomic E-state index is 6.87. The lowest BCUT2D eigenvalue weighted by Crippen LogP contribution is -2.03. The van der Waals surface area contributed by atoms with Gasteiger partial charge in [-0.1, -0.05) is 116 Å². The molecule has 0 aliphatic heterocycles. The summed E-state index contributed by atoms with van der Waals surface area (Å²) < 4.78 is 27.4. The van der Waals surface area contributed by atoms with Crippen molar-refractivity contribution in [1.29, 1.82) is 0 Å². The van der Waals surface area contributed by atoms with Gasteiger partial charge in [-0.2, -0.15) is 0 Å². The third kappa shape index (κ3) is 4.82. The first kappa shape index (κ1) is 28.8. The fourth-order valence-corrected chi connectivity index (χ4v) is 10.8. The maximum Gasteiger partial charge on any atom is 0.217 e. The Morgan fingerprint density at radius 1 is 0.490 bits per heavy atom. The van der Waals surface area contributed by atoms with Crippen molar-refractivity contribution in [2.24, 2.45) is 5.92 Å². The fourth-order valence-electron chi connectivity index (χ4n) is 7.60. The van der Waals surface area contributed by atoms with Gasteiger partial charge in [0, 0.05) is 21.5 Å². The highest BCUT2D eigenvalue weighted by molar-refractivity contribution is 7.40. The minimum atomic E-state index is -1.35. The molecule has 0 radical (unpaired) electrons. The van der Waals surface area contributed by atoms with Crippen molar-refractivity contribution in [3.05, 3.63) is 139 Å². The van der Waals surface area contributed by atoms with Gasteiger partial charge in [0.2, 0.25) is 16.0 Å². The van der Waals surface area contributed by atoms with Gasteiger partial charge in [-0.3, -0.25) is 0 Å². The van der Waals surface area contributed by atoms with Crippen LogP contribution in [-0.2, 0) is 18.7 Å². The molecule has 0 fully saturated rings. The van der Waals surface area contributed by atoms with Crippen LogP contribution < -0.4 is 0 Å². The zero-order chi connectivity index (χ0) is 32.5. The van der Waals surface area contributed by atoms with Crippen LogP contribution in [0.15, 0.2) is 144 Å². The summed E-state index contributed by atoms with van der Waals surface area (Å²) in [4.78, 5) is 0. The maximum atomic E-state index is 6.87. The van der Waals surface area contributed by atoms with Crippen molar-refractivity contribution >= 4 is 98.3 Å². The molecule has 0 saturated heterocycles. The van der Waals surface area contributed by atoms with Crippen molar-refractivity contribution in [2.45, 2.75) is 25.7 Å². The Morgan fingerprint density at radius 2 is 0.898 bits per heavy atom. The first-order valence-electron chi connectivity index (χ1n) is 16.8. The molecule has 238 valence electrons. The molecule has 0 N–H and O–H groups in total. The first-order chi connectivity index (χ1) is 24.2. The Labute approximate surface area is 284 Å². The van der Waals surface area contributed by atoms with E-state index in [1.807, 2.05) is 0 Å². The largest absolute Gasteiger partial charge is 0.419 e. The van der Waals surface area contributed by atoms with Gasteiger partial charge in [0.1, 0.15) is 22.3 Å². The molecule has 2 aromatic heterocycles. The van der Waals surface area contributed by atoms with Gasteiger partial charge in [-0.15, -0.1) is 0 Å². The first-order valence-corrected chi connectivity index (χ1v) is 19.6. The third-order valence-electron chi connectivity index (χ3n) is 9.87. The molecule has 1 aliphatic carbocycles. The molecule has 6 heteroatoms. The molecular formula is C43H32O4P2. The van der Waals surface area contributed by atoms with E-state index >= 15 is 0 Å². The molecular weight excluding hydrogens is 642 g/mol. The van der Waals surface area contributed by atoms with E-state index in [1.54, 1.807) is 0 Å². The summed E-state index contributed by atoms with van der Waals surface area (Å²) in [7, 11) is -2.69. The molecule has 0 amide bonds. The highest BCUT2D eigenvalue weighted by atomic mass is 31.1. The predicted octanol–water partition coefficient (Wildman–Crippen LogP) is 14.3. The van der Waals surface area contributed by atoms with E-state index in [1.165, 1.54) is 32.7 Å². The van der Waals surface area contributed by atoms with Crippen molar-refractivity contribution in [1.82, 2.24) is 0 Å². The average molecular weight is 675 g/mol. The Hall–Kier alpha value is -5.14. The lowest BCUT2D eigenvalue weighted by atomic mass is 9.87. The van der Waals surface area contributed by atoms with Gasteiger partial charge in [0.15, 0.2) is 0 Å². The topological polar surface area (TPSA) is 52.6 Å². The summed E-state index contributed by atoms with van der Waals surface area (Å²) >= 11 is 0. The van der Waals surface area contributed by atoms with E-state index in [2.05, 4.69) is 140 Å². The SMILES string of the molecule is CC1C=Cc2c(ccc3op(CCp4oc5ccc6ccccc6c5c5c(ccc6ccccc65)o4)oc4ccc5ccccc5c4c23)C1. The summed E-state index contributed by atoms with van der Waals surface area (Å²) in [6, 6.07) is 42.8. The van der Waals surface area contributed by atoms with Crippen molar-refractivity contribution < 1.29 is 16.8 Å². The van der Waals surface area contributed by atoms with Crippen LogP contribution in [0.25, 0.3) is 82.3 Å². The van der Waals surface area contributed by atoms with Crippen LogP contribution in [0, 0.1) is 5.92 Å². The zero-order valence-electron chi connectivity index (χ0n) is 26.9. The second kappa shape index (κ2) is 11.5. The van der Waals surface area contributed by atoms with Gasteiger partial charge in [-0.25, -0.2) is 0 Å². The molecule has 0 spiro atoms. The molecule has 9 aromatic rings. The van der Waals surface area contributed by atoms with Gasteiger partial charge in [0.05, 0.1) is 12.3 Å². The van der Waals surface area contributed by atoms with Gasteiger partial charge < -0.3 is 16.8 Å². The molecule has 2 heterocycles. The van der Waals surface area contributed by atoms with E-state index in [4.69, 9.17) is 16.8 Å². The molecule has 7 aromatic carbocycles. The van der Waals surface area contributed by atoms with Crippen LogP contribution in [0.1, 0.15) is 18.1 Å². The number of hydrogen-bond acceptors (Lipinski definition) is 4. The molecule has 2 unspecified atom stereocenters. The van der Waals surface area contributed by atoms with E-state index in [0.717, 1.165) is 61.1 Å². The summed E-state index contributed by atoms with van der Waals surface area (Å²) in [5.41, 5.74) is 6.04. The van der Waals surface area contributed by atoms with Crippen molar-refractivity contribution in [3.63, 3.8) is 0 Å². The van der Waals surface area contributed by atoms with Crippen LogP contribution in [0.5, 0.6) is 0 Å². The Bertz CT molecular complexity index is 2800. The number of allylic oxidation sites excluding steroid dienone is 1. The normalized spacial score (nSPS) is 14.8. The zero-order valence-corrected chi connectivity index (χ0v) is 28.7. The molecule has 2 atom stereocenters. The molecule has 49 heavy (non-hydrogen) atoms. The Balaban J connectivity index is 1.19. The monoisotopic (exact) mass is 674 g/mol. The van der Waals surface area contributed by atoms with Crippen LogP contribution in [-0.4, -0.2) is 0 Å². The number of aryl methyl sites for hydroxylation is 2. The van der Waals surface area contributed by atoms with E-state index < -0.39 is 16.0 Å². The Kier molecular flexibility index (Phi) is 6.76. The fraction of sp³-hybridized carbons (Fsp3) is 0.116. The van der Waals surface area contributed by atoms with Gasteiger partial charge in [0.25, 0.3) is 0 Å². The van der Waals surface area contributed by atoms with Crippen LogP contribution in [0.4, 0.5) is 0 Å². The lowest BCUT2D eigenvalue weighted by Gasteiger charge is -2.17. The molecule has 0 bridgehead atoms. The molecule has 10 rings (SSSR count). The average Bonchev–Trinajstić information content (AvgIpc) is 3.42.